The van der Waals surface area contributed by atoms with Crippen molar-refractivity contribution in [1.82, 2.24) is 29.9 Å². The molecule has 2 aliphatic rings. The van der Waals surface area contributed by atoms with Crippen LogP contribution in [0.3, 0.4) is 0 Å². The van der Waals surface area contributed by atoms with Crippen LogP contribution in [0.25, 0.3) is 0 Å². The summed E-state index contributed by atoms with van der Waals surface area (Å²) in [6, 6.07) is -1.14. The zero-order valence-corrected chi connectivity index (χ0v) is 23.5. The number of amidine groups is 1. The Morgan fingerprint density at radius 2 is 1.84 bits per heavy atom. The first-order valence-corrected chi connectivity index (χ1v) is 13.7. The van der Waals surface area contributed by atoms with E-state index in [1.54, 1.807) is 13.8 Å². The quantitative estimate of drug-likeness (QED) is 0.104. The fraction of sp³-hybridized carbons (Fsp3) is 0.640. The Morgan fingerprint density at radius 3 is 2.40 bits per heavy atom. The highest BCUT2D eigenvalue weighted by atomic mass is 19.4. The molecule has 0 aliphatic heterocycles. The zero-order chi connectivity index (χ0) is 31.7. The maximum Gasteiger partial charge on any atom is 0.407 e. The summed E-state index contributed by atoms with van der Waals surface area (Å²) in [4.78, 5) is 26.7. The average Bonchev–Trinajstić information content (AvgIpc) is 3.49. The Balaban J connectivity index is 1.57. The molecule has 2 saturated carbocycles. The van der Waals surface area contributed by atoms with Crippen LogP contribution in [0.2, 0.25) is 0 Å². The highest BCUT2D eigenvalue weighted by Gasteiger charge is 2.43. The van der Waals surface area contributed by atoms with Crippen molar-refractivity contribution in [1.29, 1.82) is 0 Å². The summed E-state index contributed by atoms with van der Waals surface area (Å²) in [7, 11) is 0. The van der Waals surface area contributed by atoms with Crippen molar-refractivity contribution in [2.45, 2.75) is 82.6 Å². The van der Waals surface area contributed by atoms with Crippen molar-refractivity contribution in [3.8, 4) is 0 Å². The van der Waals surface area contributed by atoms with Gasteiger partial charge in [0.25, 0.3) is 11.9 Å². The smallest absolute Gasteiger partial charge is 0.339 e. The fourth-order valence-electron chi connectivity index (χ4n) is 5.27. The molecule has 4 rings (SSSR count). The summed E-state index contributed by atoms with van der Waals surface area (Å²) in [6.07, 6.45) is -2.25. The lowest BCUT2D eigenvalue weighted by Gasteiger charge is -2.33. The number of carbonyl (C=O) groups excluding carboxylic acids is 2. The first-order valence-electron chi connectivity index (χ1n) is 13.7. The molecule has 0 radical (unpaired) electrons. The number of alkyl halides is 5. The lowest BCUT2D eigenvalue weighted by molar-refractivity contribution is -0.138. The number of hydrogen-bond acceptors (Lipinski definition) is 7. The number of hydrazine groups is 1. The molecule has 2 aliphatic carbocycles. The van der Waals surface area contributed by atoms with Gasteiger partial charge in [-0.3, -0.25) is 24.0 Å². The fourth-order valence-corrected chi connectivity index (χ4v) is 5.27. The summed E-state index contributed by atoms with van der Waals surface area (Å²) in [5.41, 5.74) is -0.307. The van der Waals surface area contributed by atoms with E-state index in [-0.39, 0.29) is 30.5 Å². The first-order chi connectivity index (χ1) is 20.1. The largest absolute Gasteiger partial charge is 0.407 e. The summed E-state index contributed by atoms with van der Waals surface area (Å²) in [5, 5.41) is 16.5. The van der Waals surface area contributed by atoms with E-state index < -0.39 is 78.8 Å². The van der Waals surface area contributed by atoms with Crippen LogP contribution in [-0.4, -0.2) is 66.9 Å². The Kier molecular flexibility index (Phi) is 9.27. The van der Waals surface area contributed by atoms with Gasteiger partial charge in [0.1, 0.15) is 30.0 Å². The van der Waals surface area contributed by atoms with Crippen LogP contribution < -0.4 is 22.3 Å². The normalized spacial score (nSPS) is 19.3. The number of aromatic nitrogens is 4. The summed E-state index contributed by atoms with van der Waals surface area (Å²) in [5.74, 6) is 3.94. The molecular weight excluding hydrogens is 586 g/mol. The van der Waals surface area contributed by atoms with Crippen LogP contribution in [-0.2, 0) is 4.79 Å². The number of halogens is 6. The highest BCUT2D eigenvalue weighted by Crippen LogP contribution is 2.42. The van der Waals surface area contributed by atoms with E-state index in [2.05, 4.69) is 25.9 Å². The molecule has 43 heavy (non-hydrogen) atoms. The van der Waals surface area contributed by atoms with Gasteiger partial charge in [-0.15, -0.1) is 5.10 Å². The van der Waals surface area contributed by atoms with Crippen LogP contribution >= 0.6 is 0 Å². The molecule has 238 valence electrons. The van der Waals surface area contributed by atoms with Gasteiger partial charge in [0.05, 0.1) is 6.20 Å². The van der Waals surface area contributed by atoms with Gasteiger partial charge in [-0.25, -0.2) is 14.6 Å². The van der Waals surface area contributed by atoms with Gasteiger partial charge >= 0.3 is 6.18 Å². The van der Waals surface area contributed by atoms with E-state index in [0.29, 0.717) is 17.9 Å². The van der Waals surface area contributed by atoms with E-state index in [1.165, 1.54) is 16.9 Å². The number of amides is 2. The van der Waals surface area contributed by atoms with Crippen molar-refractivity contribution in [2.75, 3.05) is 11.9 Å². The molecule has 0 aromatic carbocycles. The topological polar surface area (TPSA) is 161 Å². The van der Waals surface area contributed by atoms with E-state index in [9.17, 15) is 31.5 Å². The van der Waals surface area contributed by atoms with E-state index in [1.807, 2.05) is 0 Å². The first kappa shape index (κ1) is 32.1. The van der Waals surface area contributed by atoms with Gasteiger partial charge < -0.3 is 16.5 Å². The number of anilines is 1. The van der Waals surface area contributed by atoms with Gasteiger partial charge in [-0.1, -0.05) is 0 Å². The van der Waals surface area contributed by atoms with Gasteiger partial charge in [-0.2, -0.15) is 27.8 Å². The molecule has 2 amide bonds. The number of nitrogens with one attached hydrogen (secondary N) is 2. The molecule has 0 bridgehead atoms. The number of carbonyl (C=O) groups is 2. The van der Waals surface area contributed by atoms with Crippen LogP contribution in [0.5, 0.6) is 0 Å². The SMILES string of the molecule is CC(C)n1nccc1C(=O)N[C@H](C(=O)Nc1cn(C(/C(=N/N)N(N)CC(F)(F)F)C2CC2)nc1F)C1CCC(F)(F)CC1. The van der Waals surface area contributed by atoms with Crippen LogP contribution in [0, 0.1) is 17.8 Å². The molecule has 6 N–H and O–H groups in total. The number of nitrogens with two attached hydrogens (primary N) is 2. The number of nitrogens with zero attached hydrogens (tertiary/aromatic N) is 6. The van der Waals surface area contributed by atoms with Crippen LogP contribution in [0.1, 0.15) is 74.9 Å². The predicted molar refractivity (Wildman–Crippen MR) is 142 cm³/mol. The molecular formula is C25H34F6N10O2. The number of hydrogen-bond donors (Lipinski definition) is 4. The highest BCUT2D eigenvalue weighted by molar-refractivity contribution is 6.00. The molecule has 2 heterocycles. The average molecular weight is 621 g/mol. The standard InChI is InChI=1S/C25H34F6N10O2/c1-13(2)41-17(7-10-34-41)22(42)36-18(14-5-8-24(27,28)9-6-14)23(43)35-16-11-40(38-20(16)26)19(15-3-4-15)21(37-32)39(33)12-25(29,30)31/h7,10-11,13-15,18-19H,3-6,8-9,12,32-33H2,1-2H3,(H,35,43)(H,36,42)/b37-21-/t18-,19?/m0/s1. The van der Waals surface area contributed by atoms with Crippen molar-refractivity contribution < 1.29 is 35.9 Å². The third-order valence-electron chi connectivity index (χ3n) is 7.53. The van der Waals surface area contributed by atoms with Crippen molar-refractivity contribution in [3.63, 3.8) is 0 Å². The zero-order valence-electron chi connectivity index (χ0n) is 23.5. The minimum atomic E-state index is -4.68. The Bertz CT molecular complexity index is 1330. The maximum absolute atomic E-state index is 15.0. The molecule has 0 saturated heterocycles. The third-order valence-corrected chi connectivity index (χ3v) is 7.53. The molecule has 2 atom stereocenters. The minimum absolute atomic E-state index is 0.0812. The van der Waals surface area contributed by atoms with Gasteiger partial charge in [0.2, 0.25) is 11.8 Å². The number of rotatable bonds is 10. The van der Waals surface area contributed by atoms with Crippen LogP contribution in [0.15, 0.2) is 23.6 Å². The minimum Gasteiger partial charge on any atom is -0.339 e. The summed E-state index contributed by atoms with van der Waals surface area (Å²) < 4.78 is 84.2. The molecule has 1 unspecified atom stereocenters. The Morgan fingerprint density at radius 1 is 1.19 bits per heavy atom. The number of hydrazone groups is 1. The van der Waals surface area contributed by atoms with Crippen molar-refractivity contribution in [3.05, 3.63) is 30.1 Å². The molecule has 0 spiro atoms. The van der Waals surface area contributed by atoms with Gasteiger partial charge in [0.15, 0.2) is 5.84 Å². The van der Waals surface area contributed by atoms with Crippen molar-refractivity contribution in [2.24, 2.45) is 28.6 Å². The Hall–Kier alpha value is -3.83. The molecule has 12 nitrogen and oxygen atoms in total. The van der Waals surface area contributed by atoms with Crippen molar-refractivity contribution >= 4 is 23.3 Å². The second-order valence-corrected chi connectivity index (χ2v) is 11.2. The van der Waals surface area contributed by atoms with Gasteiger partial charge in [-0.05, 0) is 57.4 Å². The van der Waals surface area contributed by atoms with E-state index in [0.717, 1.165) is 10.9 Å². The molecule has 2 aromatic rings. The summed E-state index contributed by atoms with van der Waals surface area (Å²) >= 11 is 0. The monoisotopic (exact) mass is 620 g/mol. The lowest BCUT2D eigenvalue weighted by Crippen LogP contribution is -2.50. The van der Waals surface area contributed by atoms with Gasteiger partial charge in [0, 0.05) is 25.1 Å². The molecule has 2 fully saturated rings. The molecule has 2 aromatic heterocycles. The Labute approximate surface area is 242 Å². The molecule has 18 heteroatoms. The third kappa shape index (κ3) is 7.77. The second kappa shape index (κ2) is 12.4. The summed E-state index contributed by atoms with van der Waals surface area (Å²) in [6.45, 7) is 2.01. The van der Waals surface area contributed by atoms with E-state index >= 15 is 4.39 Å². The maximum atomic E-state index is 15.0. The second-order valence-electron chi connectivity index (χ2n) is 11.2. The lowest BCUT2D eigenvalue weighted by atomic mass is 9.81. The predicted octanol–water partition coefficient (Wildman–Crippen LogP) is 3.32. The van der Waals surface area contributed by atoms with E-state index in [4.69, 9.17) is 11.7 Å². The van der Waals surface area contributed by atoms with Crippen LogP contribution in [0.4, 0.5) is 32.0 Å².